The van der Waals surface area contributed by atoms with Crippen LogP contribution in [0.5, 0.6) is 11.5 Å². The number of amides is 1. The zero-order valence-electron chi connectivity index (χ0n) is 16.8. The van der Waals surface area contributed by atoms with E-state index in [2.05, 4.69) is 15.5 Å². The number of aromatic nitrogens is 2. The number of carbonyl (C=O) groups is 1. The molecule has 1 saturated carbocycles. The van der Waals surface area contributed by atoms with Gasteiger partial charge in [0.15, 0.2) is 17.3 Å². The van der Waals surface area contributed by atoms with E-state index in [1.807, 2.05) is 20.8 Å². The van der Waals surface area contributed by atoms with Crippen molar-refractivity contribution in [2.45, 2.75) is 45.6 Å². The number of nitrogens with zero attached hydrogens (tertiary/aromatic N) is 2. The van der Waals surface area contributed by atoms with Crippen molar-refractivity contribution in [3.8, 4) is 23.0 Å². The fourth-order valence-electron chi connectivity index (χ4n) is 2.79. The van der Waals surface area contributed by atoms with Gasteiger partial charge in [0.05, 0.1) is 31.0 Å². The SMILES string of the molecule is COc1cc(NC(=O)C(C)(C)C)c(-c2nc(C3(N)CCC3)no2)cc1OC.Cl. The van der Waals surface area contributed by atoms with Crippen LogP contribution >= 0.6 is 12.4 Å². The Bertz CT molecular complexity index is 856. The Balaban J connectivity index is 0.00000280. The third-order valence-corrected chi connectivity index (χ3v) is 4.80. The molecule has 0 bridgehead atoms. The van der Waals surface area contributed by atoms with Gasteiger partial charge >= 0.3 is 0 Å². The molecular formula is C19H27ClN4O4. The molecule has 2 aromatic rings. The average molecular weight is 411 g/mol. The Hall–Kier alpha value is -2.32. The number of benzene rings is 1. The average Bonchev–Trinajstić information content (AvgIpc) is 3.08. The van der Waals surface area contributed by atoms with Crippen LogP contribution in [0.3, 0.4) is 0 Å². The van der Waals surface area contributed by atoms with Crippen LogP contribution in [0.25, 0.3) is 11.5 Å². The molecule has 3 rings (SSSR count). The lowest BCUT2D eigenvalue weighted by atomic mass is 9.77. The smallest absolute Gasteiger partial charge is 0.260 e. The van der Waals surface area contributed by atoms with E-state index in [1.54, 1.807) is 12.1 Å². The van der Waals surface area contributed by atoms with Crippen molar-refractivity contribution in [3.05, 3.63) is 18.0 Å². The summed E-state index contributed by atoms with van der Waals surface area (Å²) in [5, 5.41) is 6.97. The monoisotopic (exact) mass is 410 g/mol. The summed E-state index contributed by atoms with van der Waals surface area (Å²) in [5.74, 6) is 1.58. The first-order valence-corrected chi connectivity index (χ1v) is 8.89. The highest BCUT2D eigenvalue weighted by Crippen LogP contribution is 2.41. The summed E-state index contributed by atoms with van der Waals surface area (Å²) in [6.07, 6.45) is 2.70. The second-order valence-corrected chi connectivity index (χ2v) is 7.89. The van der Waals surface area contributed by atoms with Gasteiger partial charge in [0.2, 0.25) is 5.91 Å². The standard InChI is InChI=1S/C19H26N4O4.ClH/c1-18(2,3)17(24)21-12-10-14(26-5)13(25-4)9-11(12)15-22-16(23-27-15)19(20)7-6-8-19;/h9-10H,6-8,20H2,1-5H3,(H,21,24);1H. The van der Waals surface area contributed by atoms with Gasteiger partial charge in [-0.3, -0.25) is 4.79 Å². The Labute approximate surface area is 170 Å². The van der Waals surface area contributed by atoms with Crippen molar-refractivity contribution in [3.63, 3.8) is 0 Å². The molecule has 1 aliphatic carbocycles. The fraction of sp³-hybridized carbons (Fsp3) is 0.526. The van der Waals surface area contributed by atoms with E-state index in [4.69, 9.17) is 19.7 Å². The number of anilines is 1. The first kappa shape index (κ1) is 22.0. The van der Waals surface area contributed by atoms with E-state index < -0.39 is 11.0 Å². The zero-order valence-corrected chi connectivity index (χ0v) is 17.6. The molecule has 0 radical (unpaired) electrons. The molecule has 3 N–H and O–H groups in total. The highest BCUT2D eigenvalue weighted by molar-refractivity contribution is 5.98. The van der Waals surface area contributed by atoms with Gasteiger partial charge in [-0.2, -0.15) is 4.98 Å². The molecule has 8 nitrogen and oxygen atoms in total. The summed E-state index contributed by atoms with van der Waals surface area (Å²) in [6, 6.07) is 3.39. The first-order valence-electron chi connectivity index (χ1n) is 8.89. The molecule has 0 aliphatic heterocycles. The van der Waals surface area contributed by atoms with E-state index in [0.717, 1.165) is 19.3 Å². The van der Waals surface area contributed by atoms with E-state index in [1.165, 1.54) is 14.2 Å². The van der Waals surface area contributed by atoms with Crippen LogP contribution in [-0.4, -0.2) is 30.3 Å². The summed E-state index contributed by atoms with van der Waals surface area (Å²) in [7, 11) is 3.07. The molecule has 9 heteroatoms. The number of rotatable bonds is 5. The maximum atomic E-state index is 12.5. The van der Waals surface area contributed by atoms with Crippen molar-refractivity contribution in [2.75, 3.05) is 19.5 Å². The number of nitrogens with two attached hydrogens (primary N) is 1. The second-order valence-electron chi connectivity index (χ2n) is 7.89. The van der Waals surface area contributed by atoms with Gasteiger partial charge in [-0.15, -0.1) is 12.4 Å². The Morgan fingerprint density at radius 3 is 2.32 bits per heavy atom. The minimum Gasteiger partial charge on any atom is -0.493 e. The Morgan fingerprint density at radius 1 is 1.21 bits per heavy atom. The molecule has 28 heavy (non-hydrogen) atoms. The number of halogens is 1. The molecule has 0 unspecified atom stereocenters. The van der Waals surface area contributed by atoms with Gasteiger partial charge in [-0.25, -0.2) is 0 Å². The van der Waals surface area contributed by atoms with Crippen LogP contribution in [0.2, 0.25) is 0 Å². The van der Waals surface area contributed by atoms with E-state index in [0.29, 0.717) is 28.6 Å². The largest absolute Gasteiger partial charge is 0.493 e. The Morgan fingerprint density at radius 2 is 1.82 bits per heavy atom. The summed E-state index contributed by atoms with van der Waals surface area (Å²) < 4.78 is 16.2. The molecule has 154 valence electrons. The molecular weight excluding hydrogens is 384 g/mol. The molecule has 1 heterocycles. The molecule has 1 amide bonds. The molecule has 1 fully saturated rings. The van der Waals surface area contributed by atoms with Crippen LogP contribution in [0.4, 0.5) is 5.69 Å². The third-order valence-electron chi connectivity index (χ3n) is 4.80. The number of hydrogen-bond donors (Lipinski definition) is 2. The van der Waals surface area contributed by atoms with Crippen LogP contribution in [0.15, 0.2) is 16.7 Å². The number of methoxy groups -OCH3 is 2. The molecule has 0 spiro atoms. The fourth-order valence-corrected chi connectivity index (χ4v) is 2.79. The van der Waals surface area contributed by atoms with E-state index in [-0.39, 0.29) is 24.2 Å². The van der Waals surface area contributed by atoms with Crippen molar-refractivity contribution in [2.24, 2.45) is 11.1 Å². The predicted molar refractivity (Wildman–Crippen MR) is 108 cm³/mol. The van der Waals surface area contributed by atoms with Crippen molar-refractivity contribution in [1.29, 1.82) is 0 Å². The number of carbonyl (C=O) groups excluding carboxylic acids is 1. The van der Waals surface area contributed by atoms with Gasteiger partial charge in [-0.05, 0) is 25.3 Å². The zero-order chi connectivity index (χ0) is 19.8. The highest BCUT2D eigenvalue weighted by atomic mass is 35.5. The van der Waals surface area contributed by atoms with E-state index >= 15 is 0 Å². The van der Waals surface area contributed by atoms with Crippen molar-refractivity contribution >= 4 is 24.0 Å². The van der Waals surface area contributed by atoms with Crippen molar-refractivity contribution < 1.29 is 18.8 Å². The normalized spacial score (nSPS) is 15.2. The lowest BCUT2D eigenvalue weighted by Crippen LogP contribution is -2.44. The Kier molecular flexibility index (Phi) is 6.25. The first-order chi connectivity index (χ1) is 12.7. The maximum Gasteiger partial charge on any atom is 0.260 e. The number of nitrogens with one attached hydrogen (secondary N) is 1. The van der Waals surface area contributed by atoms with E-state index in [9.17, 15) is 4.79 Å². The highest BCUT2D eigenvalue weighted by Gasteiger charge is 2.39. The number of hydrogen-bond acceptors (Lipinski definition) is 7. The lowest BCUT2D eigenvalue weighted by Gasteiger charge is -2.34. The van der Waals surface area contributed by atoms with Crippen LogP contribution < -0.4 is 20.5 Å². The second kappa shape index (κ2) is 7.97. The third kappa shape index (κ3) is 4.07. The quantitative estimate of drug-likeness (QED) is 0.775. The van der Waals surface area contributed by atoms with Gasteiger partial charge in [-0.1, -0.05) is 25.9 Å². The van der Waals surface area contributed by atoms with Crippen LogP contribution in [-0.2, 0) is 10.3 Å². The van der Waals surface area contributed by atoms with Gasteiger partial charge in [0, 0.05) is 11.5 Å². The number of ether oxygens (including phenoxy) is 2. The van der Waals surface area contributed by atoms with Gasteiger partial charge in [0.1, 0.15) is 0 Å². The molecule has 1 aliphatic rings. The van der Waals surface area contributed by atoms with Crippen LogP contribution in [0.1, 0.15) is 45.9 Å². The molecule has 1 aromatic carbocycles. The maximum absolute atomic E-state index is 12.5. The van der Waals surface area contributed by atoms with Gasteiger partial charge < -0.3 is 25.0 Å². The predicted octanol–water partition coefficient (Wildman–Crippen LogP) is 3.50. The van der Waals surface area contributed by atoms with Gasteiger partial charge in [0.25, 0.3) is 5.89 Å². The molecule has 0 saturated heterocycles. The minimum absolute atomic E-state index is 0. The molecule has 0 atom stereocenters. The van der Waals surface area contributed by atoms with Crippen LogP contribution in [0, 0.1) is 5.41 Å². The molecule has 1 aromatic heterocycles. The lowest BCUT2D eigenvalue weighted by molar-refractivity contribution is -0.123. The summed E-state index contributed by atoms with van der Waals surface area (Å²) in [4.78, 5) is 17.0. The topological polar surface area (TPSA) is 112 Å². The summed E-state index contributed by atoms with van der Waals surface area (Å²) in [6.45, 7) is 5.51. The van der Waals surface area contributed by atoms with Crippen molar-refractivity contribution in [1.82, 2.24) is 10.1 Å². The minimum atomic E-state index is -0.572. The summed E-state index contributed by atoms with van der Waals surface area (Å²) >= 11 is 0. The summed E-state index contributed by atoms with van der Waals surface area (Å²) in [5.41, 5.74) is 6.24.